The van der Waals surface area contributed by atoms with E-state index in [4.69, 9.17) is 5.26 Å². The lowest BCUT2D eigenvalue weighted by Gasteiger charge is -2.02. The van der Waals surface area contributed by atoms with Gasteiger partial charge in [-0.3, -0.25) is 0 Å². The Hall–Kier alpha value is -1.59. The first kappa shape index (κ1) is 13.5. The highest BCUT2D eigenvalue weighted by Gasteiger charge is 2.15. The molecule has 0 N–H and O–H groups in total. The number of hydrogen-bond donors (Lipinski definition) is 0. The summed E-state index contributed by atoms with van der Waals surface area (Å²) in [5.74, 6) is 0. The van der Waals surface area contributed by atoms with Crippen molar-refractivity contribution >= 4 is 11.3 Å². The number of nitrogens with zero attached hydrogens (tertiary/aromatic N) is 1. The van der Waals surface area contributed by atoms with Gasteiger partial charge >= 0.3 is 0 Å². The molecule has 1 rings (SSSR count). The molecule has 1 heterocycles. The van der Waals surface area contributed by atoms with E-state index in [0.29, 0.717) is 6.42 Å². The third kappa shape index (κ3) is 3.18. The highest BCUT2D eigenvalue weighted by Crippen LogP contribution is 2.31. The van der Waals surface area contributed by atoms with Crippen molar-refractivity contribution in [3.63, 3.8) is 0 Å². The summed E-state index contributed by atoms with van der Waals surface area (Å²) in [5, 5.41) is 8.93. The van der Waals surface area contributed by atoms with Crippen molar-refractivity contribution in [3.8, 4) is 6.07 Å². The summed E-state index contributed by atoms with van der Waals surface area (Å²) < 4.78 is 0. The molecule has 0 radical (unpaired) electrons. The molecule has 0 aromatic carbocycles. The van der Waals surface area contributed by atoms with E-state index in [2.05, 4.69) is 25.8 Å². The molecule has 0 fully saturated rings. The van der Waals surface area contributed by atoms with E-state index in [-0.39, 0.29) is 0 Å². The quantitative estimate of drug-likeness (QED) is 0.664. The molecule has 1 aromatic rings. The molecule has 0 atom stereocenters. The van der Waals surface area contributed by atoms with Crippen LogP contribution in [0.3, 0.4) is 0 Å². The Morgan fingerprint density at radius 1 is 0.941 bits per heavy atom. The van der Waals surface area contributed by atoms with E-state index in [1.165, 1.54) is 20.9 Å². The molecule has 1 nitrogen and oxygen atoms in total. The van der Waals surface area contributed by atoms with Gasteiger partial charge in [0.15, 0.2) is 0 Å². The summed E-state index contributed by atoms with van der Waals surface area (Å²) in [6.45, 7) is 11.3. The van der Waals surface area contributed by atoms with E-state index in [9.17, 15) is 0 Å². The molecule has 0 saturated carbocycles. The number of hydrogen-bond acceptors (Lipinski definition) is 2. The van der Waals surface area contributed by atoms with Gasteiger partial charge in [0.1, 0.15) is 0 Å². The summed E-state index contributed by atoms with van der Waals surface area (Å²) >= 11 is 1.77. The fourth-order valence-electron chi connectivity index (χ4n) is 1.87. The second-order valence-electron chi connectivity index (χ2n) is 3.72. The van der Waals surface area contributed by atoms with Crippen molar-refractivity contribution in [1.29, 1.82) is 5.26 Å². The van der Waals surface area contributed by atoms with Gasteiger partial charge in [0, 0.05) is 9.75 Å². The second-order valence-corrected chi connectivity index (χ2v) is 4.91. The number of rotatable bonds is 7. The molecule has 17 heavy (non-hydrogen) atoms. The molecule has 0 aliphatic rings. The number of thiophene rings is 1. The van der Waals surface area contributed by atoms with Crippen molar-refractivity contribution in [3.05, 3.63) is 58.8 Å². The predicted molar refractivity (Wildman–Crippen MR) is 75.3 cm³/mol. The highest BCUT2D eigenvalue weighted by molar-refractivity contribution is 7.12. The third-order valence-electron chi connectivity index (χ3n) is 2.55. The summed E-state index contributed by atoms with van der Waals surface area (Å²) in [6, 6.07) is 2.25. The van der Waals surface area contributed by atoms with Crippen LogP contribution in [0.1, 0.15) is 20.9 Å². The van der Waals surface area contributed by atoms with Crippen molar-refractivity contribution in [2.45, 2.75) is 25.7 Å². The zero-order valence-electron chi connectivity index (χ0n) is 10.0. The second kappa shape index (κ2) is 6.88. The molecular formula is C15H17NS. The predicted octanol–water partition coefficient (Wildman–Crippen LogP) is 4.00. The smallest absolute Gasteiger partial charge is 0.0670 e. The summed E-state index contributed by atoms with van der Waals surface area (Å²) in [5.41, 5.74) is 2.44. The van der Waals surface area contributed by atoms with E-state index in [1.807, 2.05) is 18.2 Å². The Morgan fingerprint density at radius 3 is 1.94 bits per heavy atom. The van der Waals surface area contributed by atoms with E-state index in [1.54, 1.807) is 11.3 Å². The van der Waals surface area contributed by atoms with Crippen molar-refractivity contribution in [2.75, 3.05) is 0 Å². The van der Waals surface area contributed by atoms with E-state index in [0.717, 1.165) is 19.3 Å². The fourth-order valence-corrected chi connectivity index (χ4v) is 3.21. The van der Waals surface area contributed by atoms with Crippen LogP contribution >= 0.6 is 11.3 Å². The Morgan fingerprint density at radius 2 is 1.47 bits per heavy atom. The molecule has 1 aromatic heterocycles. The minimum absolute atomic E-state index is 0.472. The van der Waals surface area contributed by atoms with Gasteiger partial charge < -0.3 is 0 Å². The standard InChI is InChI=1S/C15H17NS/c1-4-7-12-13(10-11-16)15(9-6-3)17-14(12)8-5-2/h4-6H,1-3,7-10H2. The minimum atomic E-state index is 0.472. The average Bonchev–Trinajstić information content (AvgIpc) is 2.61. The van der Waals surface area contributed by atoms with Crippen LogP contribution in [0.2, 0.25) is 0 Å². The average molecular weight is 243 g/mol. The first-order chi connectivity index (χ1) is 8.28. The number of nitriles is 1. The molecule has 2 heteroatoms. The highest BCUT2D eigenvalue weighted by atomic mass is 32.1. The van der Waals surface area contributed by atoms with Gasteiger partial charge in [-0.15, -0.1) is 31.1 Å². The summed E-state index contributed by atoms with van der Waals surface area (Å²) in [6.07, 6.45) is 8.70. The first-order valence-corrected chi connectivity index (χ1v) is 6.42. The summed E-state index contributed by atoms with van der Waals surface area (Å²) in [7, 11) is 0. The molecule has 0 saturated heterocycles. The molecule has 0 spiro atoms. The van der Waals surface area contributed by atoms with E-state index >= 15 is 0 Å². The molecular weight excluding hydrogens is 226 g/mol. The Bertz CT molecular complexity index is 460. The van der Waals surface area contributed by atoms with Gasteiger partial charge in [-0.25, -0.2) is 0 Å². The Balaban J connectivity index is 3.25. The summed E-state index contributed by atoms with van der Waals surface area (Å²) in [4.78, 5) is 2.57. The lowest BCUT2D eigenvalue weighted by molar-refractivity contribution is 1.11. The monoisotopic (exact) mass is 243 g/mol. The zero-order chi connectivity index (χ0) is 12.7. The Kier molecular flexibility index (Phi) is 5.45. The maximum atomic E-state index is 8.93. The molecule has 0 aliphatic heterocycles. The van der Waals surface area contributed by atoms with Crippen LogP contribution in [0.5, 0.6) is 0 Å². The number of allylic oxidation sites excluding steroid dienone is 3. The van der Waals surface area contributed by atoms with Crippen molar-refractivity contribution < 1.29 is 0 Å². The fraction of sp³-hybridized carbons (Fsp3) is 0.267. The van der Waals surface area contributed by atoms with Gasteiger partial charge in [-0.1, -0.05) is 18.2 Å². The van der Waals surface area contributed by atoms with Gasteiger partial charge in [0.05, 0.1) is 12.5 Å². The Labute approximate surface area is 107 Å². The molecule has 0 amide bonds. The van der Waals surface area contributed by atoms with Crippen molar-refractivity contribution in [2.24, 2.45) is 0 Å². The minimum Gasteiger partial charge on any atom is -0.198 e. The van der Waals surface area contributed by atoms with Crippen LogP contribution in [0.4, 0.5) is 0 Å². The van der Waals surface area contributed by atoms with Gasteiger partial charge in [-0.2, -0.15) is 5.26 Å². The SMILES string of the molecule is C=CCc1sc(CC=C)c(CC=C)c1CC#N. The molecule has 0 bridgehead atoms. The van der Waals surface area contributed by atoms with Crippen LogP contribution in [0, 0.1) is 11.3 Å². The first-order valence-electron chi connectivity index (χ1n) is 5.60. The largest absolute Gasteiger partial charge is 0.198 e. The lowest BCUT2D eigenvalue weighted by Crippen LogP contribution is -1.93. The normalized spacial score (nSPS) is 9.59. The maximum Gasteiger partial charge on any atom is 0.0670 e. The van der Waals surface area contributed by atoms with Crippen LogP contribution in [0.25, 0.3) is 0 Å². The van der Waals surface area contributed by atoms with Gasteiger partial charge in [-0.05, 0) is 30.4 Å². The maximum absolute atomic E-state index is 8.93. The molecule has 0 unspecified atom stereocenters. The van der Waals surface area contributed by atoms with Crippen molar-refractivity contribution in [1.82, 2.24) is 0 Å². The van der Waals surface area contributed by atoms with Crippen LogP contribution in [-0.2, 0) is 25.7 Å². The van der Waals surface area contributed by atoms with E-state index < -0.39 is 0 Å². The topological polar surface area (TPSA) is 23.8 Å². The van der Waals surface area contributed by atoms with Crippen LogP contribution in [0.15, 0.2) is 38.0 Å². The van der Waals surface area contributed by atoms with Crippen LogP contribution in [-0.4, -0.2) is 0 Å². The third-order valence-corrected chi connectivity index (χ3v) is 3.87. The lowest BCUT2D eigenvalue weighted by atomic mass is 10.0. The molecule has 0 aliphatic carbocycles. The van der Waals surface area contributed by atoms with Crippen LogP contribution < -0.4 is 0 Å². The van der Waals surface area contributed by atoms with Gasteiger partial charge in [0.25, 0.3) is 0 Å². The zero-order valence-corrected chi connectivity index (χ0v) is 10.9. The van der Waals surface area contributed by atoms with Gasteiger partial charge in [0.2, 0.25) is 0 Å². The molecule has 88 valence electrons.